The maximum atomic E-state index is 12.4. The summed E-state index contributed by atoms with van der Waals surface area (Å²) in [6.45, 7) is -0.413. The first-order chi connectivity index (χ1) is 13.8. The van der Waals surface area contributed by atoms with Crippen LogP contribution in [-0.2, 0) is 4.79 Å². The lowest BCUT2D eigenvalue weighted by Gasteiger charge is -2.12. The smallest absolute Gasteiger partial charge is 0.257 e. The number of carbonyl (C=O) groups excluding carboxylic acids is 1. The van der Waals surface area contributed by atoms with Crippen LogP contribution in [0.5, 0.6) is 5.75 Å². The molecule has 0 saturated carbocycles. The number of rotatable bonds is 10. The van der Waals surface area contributed by atoms with Gasteiger partial charge in [0.05, 0.1) is 30.1 Å². The molecule has 29 heavy (non-hydrogen) atoms. The lowest BCUT2D eigenvalue weighted by molar-refractivity contribution is -0.120. The highest BCUT2D eigenvalue weighted by Crippen LogP contribution is 2.22. The van der Waals surface area contributed by atoms with Crippen LogP contribution < -0.4 is 21.9 Å². The van der Waals surface area contributed by atoms with Crippen molar-refractivity contribution in [3.05, 3.63) is 29.8 Å². The van der Waals surface area contributed by atoms with Crippen molar-refractivity contribution in [1.29, 1.82) is 10.8 Å². The number of amides is 1. The number of aliphatic hydroxyl groups excluding tert-OH is 1. The maximum Gasteiger partial charge on any atom is 0.257 e. The van der Waals surface area contributed by atoms with Crippen LogP contribution in [0, 0.1) is 10.8 Å². The third-order valence-corrected chi connectivity index (χ3v) is 5.39. The molecule has 11 heteroatoms. The summed E-state index contributed by atoms with van der Waals surface area (Å²) in [5, 5.41) is 24.7. The second-order valence-corrected chi connectivity index (χ2v) is 8.49. The third-order valence-electron chi connectivity index (χ3n) is 3.85. The Balaban J connectivity index is 2.52. The molecular formula is C18H28N6O3S2. The molecule has 0 radical (unpaired) electrons. The Labute approximate surface area is 178 Å². The van der Waals surface area contributed by atoms with Gasteiger partial charge in [-0.25, -0.2) is 0 Å². The second-order valence-electron chi connectivity index (χ2n) is 6.09. The molecule has 160 valence electrons. The number of aliphatic imine (C=N–C) groups is 1. The van der Waals surface area contributed by atoms with Gasteiger partial charge in [-0.15, -0.1) is 0 Å². The Hall–Kier alpha value is -2.08. The topological polar surface area (TPSA) is 185 Å². The molecular weight excluding hydrogens is 412 g/mol. The van der Waals surface area contributed by atoms with Crippen LogP contribution in [0.25, 0.3) is 0 Å². The van der Waals surface area contributed by atoms with Gasteiger partial charge in [0.25, 0.3) is 5.91 Å². The van der Waals surface area contributed by atoms with Crippen LogP contribution in [0.2, 0.25) is 0 Å². The number of nitrogens with two attached hydrogens (primary N) is 3. The van der Waals surface area contributed by atoms with Crippen molar-refractivity contribution < 1.29 is 14.6 Å². The number of methoxy groups -OCH3 is 1. The molecule has 9 nitrogen and oxygen atoms in total. The molecule has 9 N–H and O–H groups in total. The summed E-state index contributed by atoms with van der Waals surface area (Å²) < 4.78 is 5.13. The average Bonchev–Trinajstić information content (AvgIpc) is 2.65. The van der Waals surface area contributed by atoms with E-state index in [2.05, 4.69) is 4.99 Å². The molecule has 0 fully saturated rings. The third kappa shape index (κ3) is 9.79. The SMILES string of the molecule is COc1cccc(C(CO)C(=O)N=C(N)SC(=N)CCCCC(N)SC(=N)N)c1. The van der Waals surface area contributed by atoms with Gasteiger partial charge in [-0.05, 0) is 48.7 Å². The number of thioether (sulfide) groups is 2. The number of aliphatic hydroxyl groups is 1. The van der Waals surface area contributed by atoms with Crippen LogP contribution in [0.1, 0.15) is 37.2 Å². The number of carbonyl (C=O) groups is 1. The fourth-order valence-electron chi connectivity index (χ4n) is 2.42. The number of hydrogen-bond donors (Lipinski definition) is 6. The van der Waals surface area contributed by atoms with E-state index in [1.54, 1.807) is 24.3 Å². The van der Waals surface area contributed by atoms with E-state index in [0.717, 1.165) is 36.4 Å². The minimum absolute atomic E-state index is 0.00965. The van der Waals surface area contributed by atoms with Gasteiger partial charge in [0.2, 0.25) is 0 Å². The fraction of sp³-hybridized carbons (Fsp3) is 0.444. The van der Waals surface area contributed by atoms with E-state index in [9.17, 15) is 9.90 Å². The molecule has 1 aromatic carbocycles. The van der Waals surface area contributed by atoms with Gasteiger partial charge < -0.3 is 27.0 Å². The van der Waals surface area contributed by atoms with E-state index in [1.165, 1.54) is 7.11 Å². The molecule has 1 rings (SSSR count). The van der Waals surface area contributed by atoms with Crippen molar-refractivity contribution in [3.8, 4) is 5.75 Å². The monoisotopic (exact) mass is 440 g/mol. The van der Waals surface area contributed by atoms with Crippen molar-refractivity contribution in [2.45, 2.75) is 37.0 Å². The van der Waals surface area contributed by atoms with Gasteiger partial charge in [-0.3, -0.25) is 15.6 Å². The summed E-state index contributed by atoms with van der Waals surface area (Å²) in [6.07, 6.45) is 2.67. The minimum Gasteiger partial charge on any atom is -0.497 e. The number of ether oxygens (including phenoxy) is 1. The Morgan fingerprint density at radius 2 is 2.03 bits per heavy atom. The predicted octanol–water partition coefficient (Wildman–Crippen LogP) is 1.79. The minimum atomic E-state index is -0.848. The molecule has 2 atom stereocenters. The summed E-state index contributed by atoms with van der Waals surface area (Å²) in [5.41, 5.74) is 17.5. The molecule has 2 unspecified atom stereocenters. The van der Waals surface area contributed by atoms with Gasteiger partial charge in [0.1, 0.15) is 5.75 Å². The van der Waals surface area contributed by atoms with Crippen molar-refractivity contribution >= 4 is 44.8 Å². The van der Waals surface area contributed by atoms with Crippen molar-refractivity contribution in [2.24, 2.45) is 22.2 Å². The lowest BCUT2D eigenvalue weighted by Crippen LogP contribution is -2.20. The summed E-state index contributed by atoms with van der Waals surface area (Å²) in [6, 6.07) is 6.83. The molecule has 1 amide bonds. The van der Waals surface area contributed by atoms with Gasteiger partial charge >= 0.3 is 0 Å². The van der Waals surface area contributed by atoms with Crippen LogP contribution in [0.15, 0.2) is 29.3 Å². The molecule has 0 spiro atoms. The summed E-state index contributed by atoms with van der Waals surface area (Å²) in [4.78, 5) is 16.2. The van der Waals surface area contributed by atoms with Gasteiger partial charge in [-0.2, -0.15) is 4.99 Å². The highest BCUT2D eigenvalue weighted by Gasteiger charge is 2.20. The zero-order valence-electron chi connectivity index (χ0n) is 16.3. The largest absolute Gasteiger partial charge is 0.497 e. The quantitative estimate of drug-likeness (QED) is 0.137. The number of unbranched alkanes of at least 4 members (excludes halogenated alkanes) is 1. The number of nitrogens with zero attached hydrogens (tertiary/aromatic N) is 1. The second kappa shape index (κ2) is 13.2. The normalized spacial score (nSPS) is 13.6. The molecule has 0 aliphatic carbocycles. The lowest BCUT2D eigenvalue weighted by atomic mass is 9.99. The number of nitrogens with one attached hydrogen (secondary N) is 2. The standard InChI is InChI=1S/C18H28N6O3S2/c1-27-12-6-4-5-11(9-12)13(10-25)16(26)24-18(23)29-15(20)8-3-2-7-14(19)28-17(21)22/h4-6,9,13-14,20,25H,2-3,7-8,10,19H2,1H3,(H3,21,22)(H2,23,24,26). The molecule has 0 aliphatic heterocycles. The number of benzene rings is 1. The Bertz CT molecular complexity index is 744. The van der Waals surface area contributed by atoms with E-state index in [0.29, 0.717) is 24.2 Å². The van der Waals surface area contributed by atoms with E-state index in [-0.39, 0.29) is 20.8 Å². The van der Waals surface area contributed by atoms with E-state index >= 15 is 0 Å². The molecule has 0 bridgehead atoms. The van der Waals surface area contributed by atoms with Crippen molar-refractivity contribution in [2.75, 3.05) is 13.7 Å². The van der Waals surface area contributed by atoms with E-state index < -0.39 is 18.4 Å². The summed E-state index contributed by atoms with van der Waals surface area (Å²) in [7, 11) is 1.52. The zero-order valence-corrected chi connectivity index (χ0v) is 17.9. The number of amidine groups is 2. The predicted molar refractivity (Wildman–Crippen MR) is 121 cm³/mol. The average molecular weight is 441 g/mol. The van der Waals surface area contributed by atoms with Gasteiger partial charge in [0.15, 0.2) is 10.3 Å². The highest BCUT2D eigenvalue weighted by molar-refractivity contribution is 8.26. The van der Waals surface area contributed by atoms with Crippen molar-refractivity contribution in [3.63, 3.8) is 0 Å². The first-order valence-corrected chi connectivity index (χ1v) is 10.6. The van der Waals surface area contributed by atoms with E-state index in [1.807, 2.05) is 0 Å². The van der Waals surface area contributed by atoms with Crippen LogP contribution in [-0.4, -0.2) is 45.5 Å². The fourth-order valence-corrected chi connectivity index (χ4v) is 3.67. The van der Waals surface area contributed by atoms with Crippen LogP contribution >= 0.6 is 23.5 Å². The first kappa shape index (κ1) is 25.0. The zero-order chi connectivity index (χ0) is 21.8. The van der Waals surface area contributed by atoms with Gasteiger partial charge in [-0.1, -0.05) is 30.3 Å². The molecule has 0 heterocycles. The van der Waals surface area contributed by atoms with Crippen LogP contribution in [0.3, 0.4) is 0 Å². The molecule has 0 aliphatic rings. The summed E-state index contributed by atoms with van der Waals surface area (Å²) >= 11 is 2.03. The maximum absolute atomic E-state index is 12.4. The highest BCUT2D eigenvalue weighted by atomic mass is 32.2. The summed E-state index contributed by atoms with van der Waals surface area (Å²) in [5.74, 6) is -0.854. The van der Waals surface area contributed by atoms with Crippen molar-refractivity contribution in [1.82, 2.24) is 0 Å². The molecule has 0 aromatic heterocycles. The first-order valence-electron chi connectivity index (χ1n) is 8.91. The molecule has 1 aromatic rings. The molecule has 0 saturated heterocycles. The van der Waals surface area contributed by atoms with E-state index in [4.69, 9.17) is 32.8 Å². The van der Waals surface area contributed by atoms with Gasteiger partial charge in [0, 0.05) is 0 Å². The van der Waals surface area contributed by atoms with Crippen LogP contribution in [0.4, 0.5) is 0 Å². The number of hydrogen-bond acceptors (Lipinski definition) is 8. The Morgan fingerprint density at radius 3 is 2.66 bits per heavy atom. The Kier molecular flexibility index (Phi) is 11.4. The Morgan fingerprint density at radius 1 is 1.31 bits per heavy atom.